The minimum Gasteiger partial charge on any atom is -0.469 e. The normalized spacial score (nSPS) is 15.3. The quantitative estimate of drug-likeness (QED) is 0.374. The van der Waals surface area contributed by atoms with Crippen molar-refractivity contribution >= 4 is 5.97 Å². The van der Waals surface area contributed by atoms with E-state index in [0.29, 0.717) is 19.3 Å². The summed E-state index contributed by atoms with van der Waals surface area (Å²) in [5, 5.41) is 18.5. The summed E-state index contributed by atoms with van der Waals surface area (Å²) in [6.45, 7) is 0. The van der Waals surface area contributed by atoms with Gasteiger partial charge in [-0.25, -0.2) is 0 Å². The summed E-state index contributed by atoms with van der Waals surface area (Å²) in [7, 11) is 2.73. The Bertz CT molecular complexity index is 260. The Kier molecular flexibility index (Phi) is 9.33. The lowest BCUT2D eigenvalue weighted by molar-refractivity contribution is -0.140. The van der Waals surface area contributed by atoms with Gasteiger partial charge < -0.3 is 19.7 Å². The topological polar surface area (TPSA) is 76.0 Å². The zero-order chi connectivity index (χ0) is 13.1. The van der Waals surface area contributed by atoms with Gasteiger partial charge in [0.2, 0.25) is 0 Å². The molecule has 0 rings (SSSR count). The van der Waals surface area contributed by atoms with Gasteiger partial charge in [-0.15, -0.1) is 0 Å². The third-order valence-corrected chi connectivity index (χ3v) is 2.07. The van der Waals surface area contributed by atoms with Crippen molar-refractivity contribution in [2.24, 2.45) is 0 Å². The van der Waals surface area contributed by atoms with Gasteiger partial charge in [0.25, 0.3) is 0 Å². The molecule has 0 fully saturated rings. The standard InChI is InChI=1S/C12H20O5/c1-16-11(14)8-4-3-6-10(13)7-5-9-12(15)17-2/h3-4,6,8,10-11,13-14H,5,7,9H2,1-2H3. The van der Waals surface area contributed by atoms with Crippen LogP contribution in [0.3, 0.4) is 0 Å². The first-order valence-corrected chi connectivity index (χ1v) is 5.41. The lowest BCUT2D eigenvalue weighted by Crippen LogP contribution is -2.05. The fourth-order valence-corrected chi connectivity index (χ4v) is 1.08. The van der Waals surface area contributed by atoms with Crippen LogP contribution in [-0.4, -0.2) is 42.8 Å². The SMILES string of the molecule is COC(=O)CCCC(O)C=CC=CC(O)OC. The van der Waals surface area contributed by atoms with Crippen molar-refractivity contribution in [3.05, 3.63) is 24.3 Å². The van der Waals surface area contributed by atoms with Crippen LogP contribution >= 0.6 is 0 Å². The molecule has 0 aromatic rings. The van der Waals surface area contributed by atoms with Gasteiger partial charge in [0.05, 0.1) is 13.2 Å². The highest BCUT2D eigenvalue weighted by Gasteiger charge is 2.03. The molecule has 0 aromatic heterocycles. The van der Waals surface area contributed by atoms with E-state index in [1.807, 2.05) is 0 Å². The van der Waals surface area contributed by atoms with Gasteiger partial charge in [0.1, 0.15) is 0 Å². The maximum Gasteiger partial charge on any atom is 0.305 e. The van der Waals surface area contributed by atoms with Gasteiger partial charge in [-0.2, -0.15) is 0 Å². The lowest BCUT2D eigenvalue weighted by Gasteiger charge is -2.04. The molecule has 5 heteroatoms. The summed E-state index contributed by atoms with van der Waals surface area (Å²) in [5.74, 6) is -0.274. The van der Waals surface area contributed by atoms with E-state index in [0.717, 1.165) is 0 Å². The molecule has 17 heavy (non-hydrogen) atoms. The number of aliphatic hydroxyl groups excluding tert-OH is 2. The molecule has 0 amide bonds. The monoisotopic (exact) mass is 244 g/mol. The summed E-state index contributed by atoms with van der Waals surface area (Å²) >= 11 is 0. The Hall–Kier alpha value is -1.17. The fraction of sp³-hybridized carbons (Fsp3) is 0.583. The Morgan fingerprint density at radius 3 is 2.47 bits per heavy atom. The van der Waals surface area contributed by atoms with Crippen LogP contribution in [0.4, 0.5) is 0 Å². The maximum atomic E-state index is 10.8. The number of methoxy groups -OCH3 is 2. The third kappa shape index (κ3) is 9.74. The molecule has 0 aliphatic rings. The second-order valence-electron chi connectivity index (χ2n) is 3.43. The molecule has 0 saturated heterocycles. The number of allylic oxidation sites excluding steroid dienone is 2. The largest absolute Gasteiger partial charge is 0.469 e. The lowest BCUT2D eigenvalue weighted by atomic mass is 10.1. The van der Waals surface area contributed by atoms with Crippen molar-refractivity contribution in [1.82, 2.24) is 0 Å². The van der Waals surface area contributed by atoms with E-state index >= 15 is 0 Å². The first kappa shape index (κ1) is 15.8. The Balaban J connectivity index is 3.71. The van der Waals surface area contributed by atoms with Crippen molar-refractivity contribution in [3.8, 4) is 0 Å². The van der Waals surface area contributed by atoms with Crippen molar-refractivity contribution in [3.63, 3.8) is 0 Å². The van der Waals surface area contributed by atoms with Crippen LogP contribution in [0.25, 0.3) is 0 Å². The molecule has 2 atom stereocenters. The number of carbonyl (C=O) groups is 1. The molecule has 2 unspecified atom stereocenters. The number of hydrogen-bond acceptors (Lipinski definition) is 5. The molecule has 0 aromatic carbocycles. The summed E-state index contributed by atoms with van der Waals surface area (Å²) < 4.78 is 9.06. The van der Waals surface area contributed by atoms with Gasteiger partial charge in [0, 0.05) is 13.5 Å². The van der Waals surface area contributed by atoms with Crippen molar-refractivity contribution in [2.75, 3.05) is 14.2 Å². The van der Waals surface area contributed by atoms with Gasteiger partial charge in [-0.1, -0.05) is 18.2 Å². The summed E-state index contributed by atoms with van der Waals surface area (Å²) in [5.41, 5.74) is 0. The minimum absolute atomic E-state index is 0.274. The average molecular weight is 244 g/mol. The molecule has 0 spiro atoms. The Labute approximate surface area is 101 Å². The summed E-state index contributed by atoms with van der Waals surface area (Å²) in [6.07, 6.45) is 6.05. The van der Waals surface area contributed by atoms with E-state index in [1.165, 1.54) is 20.3 Å². The number of hydrogen-bond donors (Lipinski definition) is 2. The predicted octanol–water partition coefficient (Wildman–Crippen LogP) is 0.768. The van der Waals surface area contributed by atoms with Crippen LogP contribution in [0.1, 0.15) is 19.3 Å². The number of ether oxygens (including phenoxy) is 2. The smallest absolute Gasteiger partial charge is 0.305 e. The minimum atomic E-state index is -0.934. The highest BCUT2D eigenvalue weighted by molar-refractivity contribution is 5.68. The van der Waals surface area contributed by atoms with E-state index in [4.69, 9.17) is 5.11 Å². The Morgan fingerprint density at radius 2 is 1.88 bits per heavy atom. The van der Waals surface area contributed by atoms with Gasteiger partial charge >= 0.3 is 5.97 Å². The van der Waals surface area contributed by atoms with Crippen LogP contribution in [-0.2, 0) is 14.3 Å². The summed E-state index contributed by atoms with van der Waals surface area (Å²) in [6, 6.07) is 0. The molecule has 0 aliphatic heterocycles. The highest BCUT2D eigenvalue weighted by atomic mass is 16.6. The van der Waals surface area contributed by atoms with Crippen molar-refractivity contribution in [2.45, 2.75) is 31.7 Å². The second kappa shape index (κ2) is 10.0. The molecular weight excluding hydrogens is 224 g/mol. The van der Waals surface area contributed by atoms with E-state index in [-0.39, 0.29) is 5.97 Å². The molecule has 2 N–H and O–H groups in total. The molecular formula is C12H20O5. The second-order valence-corrected chi connectivity index (χ2v) is 3.43. The average Bonchev–Trinajstić information content (AvgIpc) is 2.33. The molecule has 0 radical (unpaired) electrons. The number of esters is 1. The molecule has 98 valence electrons. The van der Waals surface area contributed by atoms with Crippen molar-refractivity contribution < 1.29 is 24.5 Å². The first-order valence-electron chi connectivity index (χ1n) is 5.41. The number of carbonyl (C=O) groups excluding carboxylic acids is 1. The molecule has 0 bridgehead atoms. The zero-order valence-electron chi connectivity index (χ0n) is 10.2. The van der Waals surface area contributed by atoms with Crippen LogP contribution in [0.2, 0.25) is 0 Å². The Morgan fingerprint density at radius 1 is 1.24 bits per heavy atom. The first-order chi connectivity index (χ1) is 8.10. The van der Waals surface area contributed by atoms with Gasteiger partial charge in [0.15, 0.2) is 6.29 Å². The van der Waals surface area contributed by atoms with E-state index < -0.39 is 12.4 Å². The maximum absolute atomic E-state index is 10.8. The van der Waals surface area contributed by atoms with Gasteiger partial charge in [-0.05, 0) is 18.9 Å². The third-order valence-electron chi connectivity index (χ3n) is 2.07. The van der Waals surface area contributed by atoms with Crippen LogP contribution < -0.4 is 0 Å². The van der Waals surface area contributed by atoms with E-state index in [9.17, 15) is 9.90 Å². The summed E-state index contributed by atoms with van der Waals surface area (Å²) in [4.78, 5) is 10.8. The fourth-order valence-electron chi connectivity index (χ4n) is 1.08. The highest BCUT2D eigenvalue weighted by Crippen LogP contribution is 2.03. The van der Waals surface area contributed by atoms with Gasteiger partial charge in [-0.3, -0.25) is 4.79 Å². The van der Waals surface area contributed by atoms with Crippen LogP contribution in [0, 0.1) is 0 Å². The molecule has 0 heterocycles. The zero-order valence-corrected chi connectivity index (χ0v) is 10.2. The molecule has 0 saturated carbocycles. The van der Waals surface area contributed by atoms with Crippen LogP contribution in [0.15, 0.2) is 24.3 Å². The number of aliphatic hydroxyl groups is 2. The van der Waals surface area contributed by atoms with Crippen molar-refractivity contribution in [1.29, 1.82) is 0 Å². The number of rotatable bonds is 8. The molecule has 5 nitrogen and oxygen atoms in total. The molecule has 0 aliphatic carbocycles. The van der Waals surface area contributed by atoms with E-state index in [1.54, 1.807) is 18.2 Å². The van der Waals surface area contributed by atoms with Crippen LogP contribution in [0.5, 0.6) is 0 Å². The predicted molar refractivity (Wildman–Crippen MR) is 63.2 cm³/mol. The van der Waals surface area contributed by atoms with E-state index in [2.05, 4.69) is 9.47 Å².